The minimum atomic E-state index is 0. The summed E-state index contributed by atoms with van der Waals surface area (Å²) in [6, 6.07) is 0. The van der Waals surface area contributed by atoms with Crippen molar-refractivity contribution in [3.63, 3.8) is 0 Å². The van der Waals surface area contributed by atoms with Crippen molar-refractivity contribution in [2.75, 3.05) is 0 Å². The Morgan fingerprint density at radius 1 is 0.750 bits per heavy atom. The van der Waals surface area contributed by atoms with E-state index >= 15 is 0 Å². The third-order valence-corrected chi connectivity index (χ3v) is 0. The zero-order valence-electron chi connectivity index (χ0n) is 1.71. The molecule has 0 amide bonds. The number of hydrogen-bond acceptors (Lipinski definition) is 0. The van der Waals surface area contributed by atoms with Crippen LogP contribution in [0.5, 0.6) is 0 Å². The molecule has 29 valence electrons. The van der Waals surface area contributed by atoms with Gasteiger partial charge in [-0.1, -0.05) is 0 Å². The molecule has 0 heterocycles. The van der Waals surface area contributed by atoms with Crippen LogP contribution in [0.15, 0.2) is 0 Å². The fourth-order valence-corrected chi connectivity index (χ4v) is 0. The fourth-order valence-electron chi connectivity index (χ4n) is 0. The van der Waals surface area contributed by atoms with Gasteiger partial charge in [0.2, 0.25) is 0 Å². The summed E-state index contributed by atoms with van der Waals surface area (Å²) in [5.74, 6) is 0. The molecule has 0 aromatic rings. The molecule has 0 aromatic heterocycles. The van der Waals surface area contributed by atoms with Gasteiger partial charge in [0.1, 0.15) is 0 Å². The molecular formula is H2BCl2Ni. The molecule has 0 rings (SSSR count). The minimum Gasteiger partial charge on any atom is -0.147 e. The first kappa shape index (κ1) is 67.9. The molecule has 0 atom stereocenters. The van der Waals surface area contributed by atoms with Crippen LogP contribution in [0.2, 0.25) is 0 Å². The van der Waals surface area contributed by atoms with Gasteiger partial charge in [-0.15, -0.1) is 24.8 Å². The van der Waals surface area contributed by atoms with Crippen LogP contribution in [0.25, 0.3) is 0 Å². The Labute approximate surface area is 50.0 Å². The predicted molar refractivity (Wildman–Crippen MR) is 20.2 cm³/mol. The quantitative estimate of drug-likeness (QED) is 0.431. The average Bonchev–Trinajstić information content (AvgIpc) is 0. The molecular weight excluding hydrogens is 140 g/mol. The summed E-state index contributed by atoms with van der Waals surface area (Å²) in [6.45, 7) is 0. The maximum atomic E-state index is 0. The molecule has 0 nitrogen and oxygen atoms in total. The van der Waals surface area contributed by atoms with E-state index in [9.17, 15) is 0 Å². The van der Waals surface area contributed by atoms with Gasteiger partial charge in [0.25, 0.3) is 0 Å². The van der Waals surface area contributed by atoms with E-state index in [1.165, 1.54) is 0 Å². The van der Waals surface area contributed by atoms with Crippen molar-refractivity contribution >= 4 is 33.2 Å². The van der Waals surface area contributed by atoms with Gasteiger partial charge in [0.15, 0.2) is 0 Å². The van der Waals surface area contributed by atoms with Gasteiger partial charge in [-0.25, -0.2) is 0 Å². The summed E-state index contributed by atoms with van der Waals surface area (Å²) in [4.78, 5) is 0. The van der Waals surface area contributed by atoms with Gasteiger partial charge in [-0.05, 0) is 0 Å². The first-order valence-corrected chi connectivity index (χ1v) is 0. The van der Waals surface area contributed by atoms with Crippen molar-refractivity contribution in [3.8, 4) is 0 Å². The first-order chi connectivity index (χ1) is 0. The summed E-state index contributed by atoms with van der Waals surface area (Å²) in [5, 5.41) is 0. The smallest absolute Gasteiger partial charge is 0 e. The number of rotatable bonds is 0. The van der Waals surface area contributed by atoms with E-state index in [-0.39, 0.29) is 49.7 Å². The maximum absolute atomic E-state index is 0. The molecule has 0 aliphatic rings. The van der Waals surface area contributed by atoms with Crippen LogP contribution in [0, 0.1) is 0 Å². The van der Waals surface area contributed by atoms with Crippen molar-refractivity contribution in [3.05, 3.63) is 0 Å². The molecule has 0 saturated heterocycles. The van der Waals surface area contributed by atoms with E-state index in [4.69, 9.17) is 0 Å². The van der Waals surface area contributed by atoms with Crippen LogP contribution in [0.3, 0.4) is 0 Å². The Morgan fingerprint density at radius 3 is 0.750 bits per heavy atom. The largest absolute Gasteiger partial charge is 0.147 e. The van der Waals surface area contributed by atoms with Crippen LogP contribution in [-0.2, 0) is 16.5 Å². The Hall–Kier alpha value is 1.14. The van der Waals surface area contributed by atoms with Gasteiger partial charge in [-0.3, -0.25) is 0 Å². The molecule has 0 aromatic carbocycles. The van der Waals surface area contributed by atoms with Crippen LogP contribution >= 0.6 is 24.8 Å². The van der Waals surface area contributed by atoms with E-state index in [1.807, 2.05) is 0 Å². The SMILES string of the molecule is Cl.Cl.[B].[Ni]. The average molecular weight is 142 g/mol. The van der Waals surface area contributed by atoms with E-state index in [0.29, 0.717) is 0 Å². The molecule has 0 unspecified atom stereocenters. The zero-order chi connectivity index (χ0) is 0. The van der Waals surface area contributed by atoms with E-state index in [1.54, 1.807) is 0 Å². The Balaban J connectivity index is 0. The van der Waals surface area contributed by atoms with Gasteiger partial charge in [0, 0.05) is 24.9 Å². The van der Waals surface area contributed by atoms with Crippen molar-refractivity contribution in [2.45, 2.75) is 0 Å². The molecule has 3 radical (unpaired) electrons. The van der Waals surface area contributed by atoms with Crippen molar-refractivity contribution in [2.24, 2.45) is 0 Å². The van der Waals surface area contributed by atoms with Crippen LogP contribution < -0.4 is 0 Å². The van der Waals surface area contributed by atoms with E-state index in [0.717, 1.165) is 0 Å². The van der Waals surface area contributed by atoms with Gasteiger partial charge < -0.3 is 0 Å². The third kappa shape index (κ3) is 11.1. The van der Waals surface area contributed by atoms with Gasteiger partial charge in [0.05, 0.1) is 0 Å². The van der Waals surface area contributed by atoms with Crippen LogP contribution in [-0.4, -0.2) is 8.41 Å². The summed E-state index contributed by atoms with van der Waals surface area (Å²) >= 11 is 0. The topological polar surface area (TPSA) is 0 Å². The predicted octanol–water partition coefficient (Wildman–Crippen LogP) is 0.460. The van der Waals surface area contributed by atoms with Crippen LogP contribution in [0.4, 0.5) is 0 Å². The summed E-state index contributed by atoms with van der Waals surface area (Å²) in [5.41, 5.74) is 0. The fraction of sp³-hybridized carbons (Fsp3) is 0. The van der Waals surface area contributed by atoms with Crippen LogP contribution in [0.1, 0.15) is 0 Å². The van der Waals surface area contributed by atoms with E-state index in [2.05, 4.69) is 0 Å². The summed E-state index contributed by atoms with van der Waals surface area (Å²) in [6.07, 6.45) is 0. The monoisotopic (exact) mass is 141 g/mol. The van der Waals surface area contributed by atoms with Crippen molar-refractivity contribution in [1.82, 2.24) is 0 Å². The molecule has 0 aliphatic carbocycles. The Bertz CT molecular complexity index is 6.00. The zero-order valence-corrected chi connectivity index (χ0v) is 4.33. The summed E-state index contributed by atoms with van der Waals surface area (Å²) < 4.78 is 0. The van der Waals surface area contributed by atoms with Gasteiger partial charge >= 0.3 is 0 Å². The molecule has 0 bridgehead atoms. The second-order valence-corrected chi connectivity index (χ2v) is 0. The molecule has 0 spiro atoms. The number of hydrogen-bond donors (Lipinski definition) is 0. The summed E-state index contributed by atoms with van der Waals surface area (Å²) in [7, 11) is 0. The molecule has 0 aliphatic heterocycles. The number of halogens is 2. The minimum absolute atomic E-state index is 0. The second kappa shape index (κ2) is 31.5. The van der Waals surface area contributed by atoms with Gasteiger partial charge in [-0.2, -0.15) is 0 Å². The molecule has 4 heteroatoms. The molecule has 4 heavy (non-hydrogen) atoms. The normalized spacial score (nSPS) is 0. The molecule has 0 fully saturated rings. The van der Waals surface area contributed by atoms with Crippen molar-refractivity contribution < 1.29 is 16.5 Å². The molecule has 0 N–H and O–H groups in total. The third-order valence-electron chi connectivity index (χ3n) is 0. The Morgan fingerprint density at radius 2 is 0.750 bits per heavy atom. The Kier molecular flexibility index (Phi) is 534. The maximum Gasteiger partial charge on any atom is 0 e. The van der Waals surface area contributed by atoms with Crippen molar-refractivity contribution in [1.29, 1.82) is 0 Å². The first-order valence-electron chi connectivity index (χ1n) is 0. The van der Waals surface area contributed by atoms with E-state index < -0.39 is 0 Å². The molecule has 0 saturated carbocycles. The standard InChI is InChI=1S/B.2ClH.Ni/h;2*1H;. The second-order valence-electron chi connectivity index (χ2n) is 0.